The minimum Gasteiger partial charge on any atom is -0.465 e. The number of aliphatic hydroxyl groups is 2. The molecule has 1 aromatic rings. The Hall–Kier alpha value is -2.39. The molecule has 1 amide bonds. The van der Waals surface area contributed by atoms with Crippen molar-refractivity contribution in [3.8, 4) is 0 Å². The Kier molecular flexibility index (Phi) is 6.50. The lowest BCUT2D eigenvalue weighted by Crippen LogP contribution is -2.39. The Balaban J connectivity index is 2.77. The standard InChI is InChI=1S/C15H23N3O6/c1-15(2,3)24-14(22)18-7-10(19)11(20)9-5-8(13(21)23-4)6-17-12(9)16/h5-6,10-11,19-20H,7H2,1-4H3,(H2,16,17)(H,18,22). The van der Waals surface area contributed by atoms with E-state index in [1.165, 1.54) is 19.4 Å². The van der Waals surface area contributed by atoms with E-state index in [0.717, 1.165) is 0 Å². The van der Waals surface area contributed by atoms with Crippen LogP contribution >= 0.6 is 0 Å². The van der Waals surface area contributed by atoms with Crippen molar-refractivity contribution in [1.82, 2.24) is 10.3 Å². The van der Waals surface area contributed by atoms with Crippen molar-refractivity contribution >= 4 is 17.9 Å². The average molecular weight is 341 g/mol. The van der Waals surface area contributed by atoms with Crippen molar-refractivity contribution in [2.24, 2.45) is 0 Å². The first-order valence-electron chi connectivity index (χ1n) is 7.22. The number of nitrogens with zero attached hydrogens (tertiary/aromatic N) is 1. The first-order chi connectivity index (χ1) is 11.0. The fraction of sp³-hybridized carbons (Fsp3) is 0.533. The summed E-state index contributed by atoms with van der Waals surface area (Å²) in [6.45, 7) is 4.81. The zero-order chi connectivity index (χ0) is 18.5. The molecule has 1 aromatic heterocycles. The molecule has 0 aliphatic rings. The Labute approximate surface area is 139 Å². The second-order valence-corrected chi connectivity index (χ2v) is 6.09. The quantitative estimate of drug-likeness (QED) is 0.562. The summed E-state index contributed by atoms with van der Waals surface area (Å²) in [6.07, 6.45) is -2.38. The molecular weight excluding hydrogens is 318 g/mol. The summed E-state index contributed by atoms with van der Waals surface area (Å²) in [4.78, 5) is 26.8. The number of hydrogen-bond acceptors (Lipinski definition) is 8. The summed E-state index contributed by atoms with van der Waals surface area (Å²) in [5.41, 5.74) is 5.11. The number of hydrogen-bond donors (Lipinski definition) is 4. The highest BCUT2D eigenvalue weighted by Gasteiger charge is 2.24. The Morgan fingerprint density at radius 3 is 2.54 bits per heavy atom. The lowest BCUT2D eigenvalue weighted by molar-refractivity contribution is 0.0131. The number of esters is 1. The number of amides is 1. The number of pyridine rings is 1. The van der Waals surface area contributed by atoms with Crippen LogP contribution in [0.1, 0.15) is 42.8 Å². The van der Waals surface area contributed by atoms with E-state index in [1.54, 1.807) is 20.8 Å². The second-order valence-electron chi connectivity index (χ2n) is 6.09. The van der Waals surface area contributed by atoms with E-state index in [-0.39, 0.29) is 23.5 Å². The Bertz CT molecular complexity index is 599. The number of aliphatic hydroxyl groups excluding tert-OH is 2. The molecule has 0 aliphatic carbocycles. The summed E-state index contributed by atoms with van der Waals surface area (Å²) >= 11 is 0. The third-order valence-corrected chi connectivity index (χ3v) is 2.91. The van der Waals surface area contributed by atoms with Crippen LogP contribution in [-0.2, 0) is 9.47 Å². The third-order valence-electron chi connectivity index (χ3n) is 2.91. The Morgan fingerprint density at radius 2 is 2.00 bits per heavy atom. The number of alkyl carbamates (subject to hydrolysis) is 1. The number of aromatic nitrogens is 1. The number of anilines is 1. The first kappa shape index (κ1) is 19.7. The molecule has 134 valence electrons. The van der Waals surface area contributed by atoms with E-state index in [4.69, 9.17) is 10.5 Å². The van der Waals surface area contributed by atoms with Gasteiger partial charge in [0, 0.05) is 18.3 Å². The van der Waals surface area contributed by atoms with Gasteiger partial charge in [0.15, 0.2) is 0 Å². The van der Waals surface area contributed by atoms with Crippen LogP contribution in [0.25, 0.3) is 0 Å². The largest absolute Gasteiger partial charge is 0.465 e. The molecule has 0 saturated heterocycles. The monoisotopic (exact) mass is 341 g/mol. The van der Waals surface area contributed by atoms with Gasteiger partial charge in [-0.25, -0.2) is 14.6 Å². The summed E-state index contributed by atoms with van der Waals surface area (Å²) in [5.74, 6) is -0.705. The van der Waals surface area contributed by atoms with Gasteiger partial charge in [-0.3, -0.25) is 0 Å². The molecule has 0 aromatic carbocycles. The summed E-state index contributed by atoms with van der Waals surface area (Å²) < 4.78 is 9.58. The number of nitrogen functional groups attached to an aromatic ring is 1. The molecule has 9 heteroatoms. The Morgan fingerprint density at radius 1 is 1.38 bits per heavy atom. The predicted molar refractivity (Wildman–Crippen MR) is 85.2 cm³/mol. The molecule has 9 nitrogen and oxygen atoms in total. The van der Waals surface area contributed by atoms with Crippen LogP contribution in [0.2, 0.25) is 0 Å². The highest BCUT2D eigenvalue weighted by molar-refractivity contribution is 5.89. The van der Waals surface area contributed by atoms with E-state index in [9.17, 15) is 19.8 Å². The maximum absolute atomic E-state index is 11.5. The highest BCUT2D eigenvalue weighted by atomic mass is 16.6. The number of ether oxygens (including phenoxy) is 2. The summed E-state index contributed by atoms with van der Waals surface area (Å²) in [5, 5.41) is 22.5. The number of methoxy groups -OCH3 is 1. The van der Waals surface area contributed by atoms with Crippen molar-refractivity contribution in [2.45, 2.75) is 38.6 Å². The molecule has 2 unspecified atom stereocenters. The van der Waals surface area contributed by atoms with Gasteiger partial charge in [-0.2, -0.15) is 0 Å². The predicted octanol–water partition coefficient (Wildman–Crippen LogP) is 0.369. The molecule has 0 bridgehead atoms. The van der Waals surface area contributed by atoms with Crippen molar-refractivity contribution in [3.63, 3.8) is 0 Å². The second kappa shape index (κ2) is 7.93. The average Bonchev–Trinajstić information content (AvgIpc) is 2.50. The lowest BCUT2D eigenvalue weighted by Gasteiger charge is -2.22. The molecule has 0 spiro atoms. The lowest BCUT2D eigenvalue weighted by atomic mass is 10.0. The maximum Gasteiger partial charge on any atom is 0.407 e. The summed E-state index contributed by atoms with van der Waals surface area (Å²) in [7, 11) is 1.20. The van der Waals surface area contributed by atoms with Gasteiger partial charge >= 0.3 is 12.1 Å². The van der Waals surface area contributed by atoms with Crippen molar-refractivity contribution < 1.29 is 29.3 Å². The van der Waals surface area contributed by atoms with Crippen molar-refractivity contribution in [1.29, 1.82) is 0 Å². The van der Waals surface area contributed by atoms with Gasteiger partial charge in [-0.05, 0) is 26.8 Å². The SMILES string of the molecule is COC(=O)c1cnc(N)c(C(O)C(O)CNC(=O)OC(C)(C)C)c1. The van der Waals surface area contributed by atoms with Gasteiger partial charge in [0.2, 0.25) is 0 Å². The fourth-order valence-corrected chi connectivity index (χ4v) is 1.78. The van der Waals surface area contributed by atoms with Gasteiger partial charge < -0.3 is 30.7 Å². The van der Waals surface area contributed by atoms with Crippen LogP contribution in [-0.4, -0.2) is 52.6 Å². The molecule has 5 N–H and O–H groups in total. The number of rotatable bonds is 5. The van der Waals surface area contributed by atoms with Crippen LogP contribution in [0.15, 0.2) is 12.3 Å². The number of nitrogens with two attached hydrogens (primary N) is 1. The van der Waals surface area contributed by atoms with Gasteiger partial charge in [0.25, 0.3) is 0 Å². The molecule has 2 atom stereocenters. The molecule has 0 saturated carbocycles. The minimum atomic E-state index is -1.46. The number of carbonyl (C=O) groups is 2. The first-order valence-corrected chi connectivity index (χ1v) is 7.22. The van der Waals surface area contributed by atoms with E-state index >= 15 is 0 Å². The summed E-state index contributed by atoms with van der Waals surface area (Å²) in [6, 6.07) is 1.27. The van der Waals surface area contributed by atoms with E-state index < -0.39 is 29.9 Å². The zero-order valence-corrected chi connectivity index (χ0v) is 14.1. The molecule has 1 rings (SSSR count). The number of carbonyl (C=O) groups excluding carboxylic acids is 2. The van der Waals surface area contributed by atoms with Gasteiger partial charge in [0.1, 0.15) is 23.6 Å². The smallest absolute Gasteiger partial charge is 0.407 e. The van der Waals surface area contributed by atoms with Crippen LogP contribution in [0, 0.1) is 0 Å². The minimum absolute atomic E-state index is 0.0496. The fourth-order valence-electron chi connectivity index (χ4n) is 1.78. The molecule has 1 heterocycles. The van der Waals surface area contributed by atoms with E-state index in [1.807, 2.05) is 0 Å². The van der Waals surface area contributed by atoms with Crippen molar-refractivity contribution in [3.05, 3.63) is 23.4 Å². The normalized spacial score (nSPS) is 13.8. The van der Waals surface area contributed by atoms with Crippen LogP contribution < -0.4 is 11.1 Å². The van der Waals surface area contributed by atoms with Crippen molar-refractivity contribution in [2.75, 3.05) is 19.4 Å². The molecule has 0 radical (unpaired) electrons. The maximum atomic E-state index is 11.5. The number of nitrogens with one attached hydrogen (secondary N) is 1. The van der Waals surface area contributed by atoms with E-state index in [0.29, 0.717) is 0 Å². The van der Waals surface area contributed by atoms with Crippen LogP contribution in [0.4, 0.5) is 10.6 Å². The third kappa shape index (κ3) is 5.67. The van der Waals surface area contributed by atoms with E-state index in [2.05, 4.69) is 15.0 Å². The molecule has 0 fully saturated rings. The zero-order valence-electron chi connectivity index (χ0n) is 14.1. The van der Waals surface area contributed by atoms with Gasteiger partial charge in [-0.15, -0.1) is 0 Å². The molecular formula is C15H23N3O6. The van der Waals surface area contributed by atoms with Gasteiger partial charge in [-0.1, -0.05) is 0 Å². The van der Waals surface area contributed by atoms with Crippen LogP contribution in [0.5, 0.6) is 0 Å². The molecule has 24 heavy (non-hydrogen) atoms. The topological polar surface area (TPSA) is 144 Å². The van der Waals surface area contributed by atoms with Gasteiger partial charge in [0.05, 0.1) is 12.7 Å². The molecule has 0 aliphatic heterocycles. The van der Waals surface area contributed by atoms with Crippen LogP contribution in [0.3, 0.4) is 0 Å². The highest BCUT2D eigenvalue weighted by Crippen LogP contribution is 2.23.